The van der Waals surface area contributed by atoms with Crippen molar-refractivity contribution in [2.75, 3.05) is 18.0 Å². The topological polar surface area (TPSA) is 58.2 Å². The highest BCUT2D eigenvalue weighted by atomic mass is 16.5. The lowest BCUT2D eigenvalue weighted by molar-refractivity contribution is -0.0751. The van der Waals surface area contributed by atoms with Crippen LogP contribution in [0.25, 0.3) is 0 Å². The van der Waals surface area contributed by atoms with Gasteiger partial charge in [-0.05, 0) is 20.8 Å². The molecule has 2 heterocycles. The van der Waals surface area contributed by atoms with Crippen molar-refractivity contribution in [1.29, 1.82) is 0 Å². The van der Waals surface area contributed by atoms with Crippen molar-refractivity contribution in [2.45, 2.75) is 45.8 Å². The van der Waals surface area contributed by atoms with E-state index in [0.29, 0.717) is 0 Å². The summed E-state index contributed by atoms with van der Waals surface area (Å²) in [6.45, 7) is 9.66. The van der Waals surface area contributed by atoms with Gasteiger partial charge in [-0.3, -0.25) is 4.79 Å². The maximum Gasteiger partial charge on any atom is 0.252 e. The molecular formula is C13H21N3O2. The molecule has 100 valence electrons. The van der Waals surface area contributed by atoms with Crippen molar-refractivity contribution in [3.05, 3.63) is 22.2 Å². The van der Waals surface area contributed by atoms with Gasteiger partial charge in [-0.2, -0.15) is 0 Å². The second-order valence-corrected chi connectivity index (χ2v) is 5.47. The Hall–Kier alpha value is -1.36. The van der Waals surface area contributed by atoms with Crippen LogP contribution in [-0.2, 0) is 11.2 Å². The molecule has 1 unspecified atom stereocenters. The van der Waals surface area contributed by atoms with Crippen molar-refractivity contribution in [1.82, 2.24) is 9.97 Å². The van der Waals surface area contributed by atoms with E-state index < -0.39 is 0 Å². The summed E-state index contributed by atoms with van der Waals surface area (Å²) in [6.07, 6.45) is 0.867. The molecular weight excluding hydrogens is 230 g/mol. The maximum absolute atomic E-state index is 11.6. The molecule has 1 atom stereocenters. The van der Waals surface area contributed by atoms with Crippen molar-refractivity contribution in [3.63, 3.8) is 0 Å². The Morgan fingerprint density at radius 2 is 2.33 bits per heavy atom. The highest BCUT2D eigenvalue weighted by molar-refractivity contribution is 5.39. The maximum atomic E-state index is 11.6. The average Bonchev–Trinajstić information content (AvgIpc) is 2.25. The van der Waals surface area contributed by atoms with Gasteiger partial charge in [0.25, 0.3) is 5.56 Å². The van der Waals surface area contributed by atoms with E-state index in [0.717, 1.165) is 31.2 Å². The zero-order valence-corrected chi connectivity index (χ0v) is 11.5. The summed E-state index contributed by atoms with van der Waals surface area (Å²) in [6, 6.07) is 1.56. The Morgan fingerprint density at radius 1 is 1.61 bits per heavy atom. The summed E-state index contributed by atoms with van der Waals surface area (Å²) in [5.74, 6) is 1.48. The van der Waals surface area contributed by atoms with Gasteiger partial charge in [-0.15, -0.1) is 0 Å². The highest BCUT2D eigenvalue weighted by Crippen LogP contribution is 2.23. The zero-order valence-electron chi connectivity index (χ0n) is 11.5. The molecule has 18 heavy (non-hydrogen) atoms. The Morgan fingerprint density at radius 3 is 2.94 bits per heavy atom. The Kier molecular flexibility index (Phi) is 3.43. The molecule has 1 aliphatic heterocycles. The molecule has 0 aliphatic carbocycles. The number of nitrogens with zero attached hydrogens (tertiary/aromatic N) is 2. The van der Waals surface area contributed by atoms with E-state index in [1.807, 2.05) is 13.8 Å². The lowest BCUT2D eigenvalue weighted by Crippen LogP contribution is -2.52. The number of ether oxygens (including phenoxy) is 1. The first-order chi connectivity index (χ1) is 8.39. The third-order valence-electron chi connectivity index (χ3n) is 3.01. The molecule has 1 aromatic heterocycles. The first kappa shape index (κ1) is 13.1. The molecule has 1 fully saturated rings. The predicted octanol–water partition coefficient (Wildman–Crippen LogP) is 1.34. The van der Waals surface area contributed by atoms with Crippen molar-refractivity contribution < 1.29 is 4.74 Å². The lowest BCUT2D eigenvalue weighted by Gasteiger charge is -2.42. The number of hydrogen-bond donors (Lipinski definition) is 1. The van der Waals surface area contributed by atoms with Crippen LogP contribution < -0.4 is 10.5 Å². The summed E-state index contributed by atoms with van der Waals surface area (Å²) in [5, 5.41) is 0. The number of aromatic amines is 1. The van der Waals surface area contributed by atoms with E-state index in [-0.39, 0.29) is 17.3 Å². The van der Waals surface area contributed by atoms with Crippen molar-refractivity contribution in [3.8, 4) is 0 Å². The van der Waals surface area contributed by atoms with E-state index in [4.69, 9.17) is 4.74 Å². The van der Waals surface area contributed by atoms with Gasteiger partial charge in [0, 0.05) is 25.6 Å². The highest BCUT2D eigenvalue weighted by Gasteiger charge is 2.32. The molecule has 2 rings (SSSR count). The van der Waals surface area contributed by atoms with Gasteiger partial charge in [-0.25, -0.2) is 4.98 Å². The van der Waals surface area contributed by atoms with Crippen LogP contribution >= 0.6 is 0 Å². The molecule has 0 spiro atoms. The van der Waals surface area contributed by atoms with Gasteiger partial charge in [0.15, 0.2) is 0 Å². The Labute approximate surface area is 107 Å². The van der Waals surface area contributed by atoms with Gasteiger partial charge in [0.2, 0.25) is 0 Å². The quantitative estimate of drug-likeness (QED) is 0.861. The summed E-state index contributed by atoms with van der Waals surface area (Å²) in [7, 11) is 0. The number of hydrogen-bond acceptors (Lipinski definition) is 4. The van der Waals surface area contributed by atoms with Gasteiger partial charge in [0.1, 0.15) is 11.6 Å². The first-order valence-electron chi connectivity index (χ1n) is 6.42. The molecule has 5 nitrogen and oxygen atoms in total. The minimum absolute atomic E-state index is 0.0891. The number of nitrogens with one attached hydrogen (secondary N) is 1. The summed E-state index contributed by atoms with van der Waals surface area (Å²) >= 11 is 0. The molecule has 0 bridgehead atoms. The first-order valence-corrected chi connectivity index (χ1v) is 6.42. The van der Waals surface area contributed by atoms with E-state index in [2.05, 4.69) is 28.7 Å². The van der Waals surface area contributed by atoms with Crippen LogP contribution in [0.15, 0.2) is 10.9 Å². The molecule has 0 radical (unpaired) electrons. The van der Waals surface area contributed by atoms with Crippen molar-refractivity contribution in [2.24, 2.45) is 0 Å². The van der Waals surface area contributed by atoms with Crippen LogP contribution in [0, 0.1) is 0 Å². The fourth-order valence-electron chi connectivity index (χ4n) is 2.45. The van der Waals surface area contributed by atoms with E-state index in [9.17, 15) is 4.79 Å². The van der Waals surface area contributed by atoms with Crippen molar-refractivity contribution >= 4 is 5.82 Å². The lowest BCUT2D eigenvalue weighted by atomic mass is 10.1. The Bertz CT molecular complexity index is 481. The number of rotatable bonds is 2. The molecule has 1 saturated heterocycles. The van der Waals surface area contributed by atoms with Gasteiger partial charge < -0.3 is 14.6 Å². The summed E-state index contributed by atoms with van der Waals surface area (Å²) in [4.78, 5) is 21.0. The van der Waals surface area contributed by atoms with Crippen LogP contribution in [0.4, 0.5) is 5.82 Å². The average molecular weight is 251 g/mol. The fraction of sp³-hybridized carbons (Fsp3) is 0.692. The van der Waals surface area contributed by atoms with E-state index in [1.54, 1.807) is 6.07 Å². The molecule has 1 aromatic rings. The number of anilines is 1. The van der Waals surface area contributed by atoms with Gasteiger partial charge in [-0.1, -0.05) is 6.92 Å². The zero-order chi connectivity index (χ0) is 13.3. The smallest absolute Gasteiger partial charge is 0.252 e. The molecule has 5 heteroatoms. The number of H-pyrrole nitrogens is 1. The Balaban J connectivity index is 2.30. The number of aromatic nitrogens is 2. The van der Waals surface area contributed by atoms with Gasteiger partial charge >= 0.3 is 0 Å². The molecule has 1 aliphatic rings. The monoisotopic (exact) mass is 251 g/mol. The minimum Gasteiger partial charge on any atom is -0.369 e. The normalized spacial score (nSPS) is 23.1. The van der Waals surface area contributed by atoms with E-state index in [1.165, 1.54) is 0 Å². The predicted molar refractivity (Wildman–Crippen MR) is 71.1 cm³/mol. The van der Waals surface area contributed by atoms with Crippen LogP contribution in [0.2, 0.25) is 0 Å². The third-order valence-corrected chi connectivity index (χ3v) is 3.01. The third kappa shape index (κ3) is 2.90. The number of morpholine rings is 1. The van der Waals surface area contributed by atoms with Crippen LogP contribution in [0.5, 0.6) is 0 Å². The summed E-state index contributed by atoms with van der Waals surface area (Å²) < 4.78 is 5.86. The van der Waals surface area contributed by atoms with E-state index >= 15 is 0 Å². The number of aryl methyl sites for hydroxylation is 1. The molecule has 1 N–H and O–H groups in total. The minimum atomic E-state index is -0.214. The van der Waals surface area contributed by atoms with Gasteiger partial charge in [0.05, 0.1) is 11.7 Å². The standard InChI is InChI=1S/C13H21N3O2/c1-5-10-14-11(6-12(17)15-10)16-7-9(2)18-13(3,4)8-16/h6,9H,5,7-8H2,1-4H3,(H,14,15,17). The second kappa shape index (κ2) is 4.72. The molecule has 0 amide bonds. The second-order valence-electron chi connectivity index (χ2n) is 5.47. The fourth-order valence-corrected chi connectivity index (χ4v) is 2.45. The van der Waals surface area contributed by atoms with Crippen LogP contribution in [0.3, 0.4) is 0 Å². The largest absolute Gasteiger partial charge is 0.369 e. The van der Waals surface area contributed by atoms with Crippen LogP contribution in [-0.4, -0.2) is 34.8 Å². The SMILES string of the molecule is CCc1nc(N2CC(C)OC(C)(C)C2)cc(=O)[nH]1. The summed E-state index contributed by atoms with van der Waals surface area (Å²) in [5.41, 5.74) is -0.303. The molecule has 0 saturated carbocycles. The van der Waals surface area contributed by atoms with Crippen LogP contribution in [0.1, 0.15) is 33.5 Å². The molecule has 0 aromatic carbocycles.